The van der Waals surface area contributed by atoms with Gasteiger partial charge in [0.05, 0.1) is 7.11 Å². The Kier molecular flexibility index (Phi) is 6.06. The summed E-state index contributed by atoms with van der Waals surface area (Å²) in [5, 5.41) is 0. The largest absolute Gasteiger partial charge is 0.493 e. The van der Waals surface area contributed by atoms with E-state index in [-0.39, 0.29) is 12.5 Å². The highest BCUT2D eigenvalue weighted by Crippen LogP contribution is 2.27. The van der Waals surface area contributed by atoms with Gasteiger partial charge >= 0.3 is 0 Å². The van der Waals surface area contributed by atoms with Gasteiger partial charge in [-0.2, -0.15) is 0 Å². The van der Waals surface area contributed by atoms with Crippen molar-refractivity contribution in [2.75, 3.05) is 13.7 Å². The summed E-state index contributed by atoms with van der Waals surface area (Å²) in [7, 11) is 1.53. The molecule has 1 aromatic rings. The van der Waals surface area contributed by atoms with Gasteiger partial charge in [-0.3, -0.25) is 20.4 Å². The van der Waals surface area contributed by atoms with E-state index in [1.54, 1.807) is 18.2 Å². The third-order valence-electron chi connectivity index (χ3n) is 3.72. The van der Waals surface area contributed by atoms with Crippen molar-refractivity contribution in [2.45, 2.75) is 32.1 Å². The van der Waals surface area contributed by atoms with E-state index < -0.39 is 5.91 Å². The second-order valence-electron chi connectivity index (χ2n) is 5.39. The lowest BCUT2D eigenvalue weighted by Crippen LogP contribution is -2.44. The molecule has 0 spiro atoms. The SMILES string of the molecule is COc1ccccc1OCC(=O)NNC(=O)CC1CCCC1. The minimum atomic E-state index is -0.411. The van der Waals surface area contributed by atoms with Gasteiger partial charge in [0.25, 0.3) is 5.91 Å². The quantitative estimate of drug-likeness (QED) is 0.786. The third-order valence-corrected chi connectivity index (χ3v) is 3.72. The molecule has 2 N–H and O–H groups in total. The zero-order chi connectivity index (χ0) is 15.8. The number of rotatable bonds is 6. The molecule has 0 bridgehead atoms. The molecule has 1 aliphatic rings. The van der Waals surface area contributed by atoms with Crippen molar-refractivity contribution in [1.82, 2.24) is 10.9 Å². The topological polar surface area (TPSA) is 76.7 Å². The summed E-state index contributed by atoms with van der Waals surface area (Å²) in [5.41, 5.74) is 4.78. The average Bonchev–Trinajstić information content (AvgIpc) is 3.04. The number of hydrazine groups is 1. The Balaban J connectivity index is 1.68. The van der Waals surface area contributed by atoms with Crippen molar-refractivity contribution in [1.29, 1.82) is 0 Å². The number of hydrogen-bond acceptors (Lipinski definition) is 4. The number of methoxy groups -OCH3 is 1. The normalized spacial score (nSPS) is 14.4. The first kappa shape index (κ1) is 16.1. The van der Waals surface area contributed by atoms with Crippen LogP contribution < -0.4 is 20.3 Å². The fourth-order valence-electron chi connectivity index (χ4n) is 2.58. The monoisotopic (exact) mass is 306 g/mol. The van der Waals surface area contributed by atoms with Crippen molar-refractivity contribution in [3.63, 3.8) is 0 Å². The van der Waals surface area contributed by atoms with Crippen LogP contribution in [-0.2, 0) is 9.59 Å². The number of hydrogen-bond donors (Lipinski definition) is 2. The van der Waals surface area contributed by atoms with Crippen LogP contribution in [-0.4, -0.2) is 25.5 Å². The van der Waals surface area contributed by atoms with Crippen molar-refractivity contribution in [3.8, 4) is 11.5 Å². The van der Waals surface area contributed by atoms with Crippen LogP contribution in [0.3, 0.4) is 0 Å². The molecule has 6 heteroatoms. The molecule has 0 aromatic heterocycles. The summed E-state index contributed by atoms with van der Waals surface area (Å²) >= 11 is 0. The van der Waals surface area contributed by atoms with Gasteiger partial charge in [0.15, 0.2) is 18.1 Å². The fourth-order valence-corrected chi connectivity index (χ4v) is 2.58. The number of carbonyl (C=O) groups excluding carboxylic acids is 2. The summed E-state index contributed by atoms with van der Waals surface area (Å²) in [6.07, 6.45) is 5.04. The Labute approximate surface area is 130 Å². The van der Waals surface area contributed by atoms with E-state index in [1.165, 1.54) is 20.0 Å². The Morgan fingerprint density at radius 2 is 1.73 bits per heavy atom. The fraction of sp³-hybridized carbons (Fsp3) is 0.500. The predicted molar refractivity (Wildman–Crippen MR) is 81.3 cm³/mol. The van der Waals surface area contributed by atoms with Gasteiger partial charge in [-0.15, -0.1) is 0 Å². The summed E-state index contributed by atoms with van der Waals surface area (Å²) in [6.45, 7) is -0.190. The van der Waals surface area contributed by atoms with Gasteiger partial charge in [0.2, 0.25) is 5.91 Å². The molecular weight excluding hydrogens is 284 g/mol. The number of nitrogens with one attached hydrogen (secondary N) is 2. The molecule has 1 fully saturated rings. The summed E-state index contributed by atoms with van der Waals surface area (Å²) in [5.74, 6) is 0.919. The van der Waals surface area contributed by atoms with Gasteiger partial charge < -0.3 is 9.47 Å². The Hall–Kier alpha value is -2.24. The lowest BCUT2D eigenvalue weighted by Gasteiger charge is -2.12. The molecule has 22 heavy (non-hydrogen) atoms. The van der Waals surface area contributed by atoms with E-state index in [0.29, 0.717) is 23.8 Å². The summed E-state index contributed by atoms with van der Waals surface area (Å²) in [6, 6.07) is 7.07. The molecule has 0 unspecified atom stereocenters. The molecule has 1 saturated carbocycles. The minimum Gasteiger partial charge on any atom is -0.493 e. The maximum absolute atomic E-state index is 11.7. The van der Waals surface area contributed by atoms with Gasteiger partial charge in [-0.05, 0) is 30.9 Å². The molecule has 2 rings (SSSR count). The zero-order valence-corrected chi connectivity index (χ0v) is 12.8. The molecule has 120 valence electrons. The Morgan fingerprint density at radius 3 is 2.41 bits per heavy atom. The van der Waals surface area contributed by atoms with E-state index >= 15 is 0 Å². The molecule has 0 heterocycles. The number of para-hydroxylation sites is 2. The van der Waals surface area contributed by atoms with Crippen LogP contribution in [0, 0.1) is 5.92 Å². The van der Waals surface area contributed by atoms with Crippen LogP contribution >= 0.6 is 0 Å². The van der Waals surface area contributed by atoms with E-state index in [1.807, 2.05) is 6.07 Å². The van der Waals surface area contributed by atoms with Crippen LogP contribution in [0.25, 0.3) is 0 Å². The molecule has 0 aliphatic heterocycles. The third kappa shape index (κ3) is 4.95. The maximum Gasteiger partial charge on any atom is 0.276 e. The zero-order valence-electron chi connectivity index (χ0n) is 12.8. The number of benzene rings is 1. The Bertz CT molecular complexity index is 513. The van der Waals surface area contributed by atoms with Gasteiger partial charge in [-0.25, -0.2) is 0 Å². The number of carbonyl (C=O) groups is 2. The smallest absolute Gasteiger partial charge is 0.276 e. The lowest BCUT2D eigenvalue weighted by molar-refractivity contribution is -0.130. The van der Waals surface area contributed by atoms with Crippen LogP contribution in [0.15, 0.2) is 24.3 Å². The van der Waals surface area contributed by atoms with Crippen molar-refractivity contribution in [3.05, 3.63) is 24.3 Å². The molecular formula is C16H22N2O4. The highest BCUT2D eigenvalue weighted by atomic mass is 16.5. The molecule has 0 saturated heterocycles. The highest BCUT2D eigenvalue weighted by molar-refractivity contribution is 5.82. The van der Waals surface area contributed by atoms with Crippen molar-refractivity contribution in [2.24, 2.45) is 5.92 Å². The van der Waals surface area contributed by atoms with Gasteiger partial charge in [0, 0.05) is 6.42 Å². The van der Waals surface area contributed by atoms with Crippen molar-refractivity contribution >= 4 is 11.8 Å². The van der Waals surface area contributed by atoms with Crippen LogP contribution in [0.2, 0.25) is 0 Å². The second-order valence-corrected chi connectivity index (χ2v) is 5.39. The first-order chi connectivity index (χ1) is 10.7. The van der Waals surface area contributed by atoms with E-state index in [2.05, 4.69) is 10.9 Å². The van der Waals surface area contributed by atoms with Crippen LogP contribution in [0.4, 0.5) is 0 Å². The second kappa shape index (κ2) is 8.26. The maximum atomic E-state index is 11.7. The number of amides is 2. The molecule has 0 radical (unpaired) electrons. The minimum absolute atomic E-state index is 0.155. The standard InChI is InChI=1S/C16H22N2O4/c1-21-13-8-4-5-9-14(13)22-11-16(20)18-17-15(19)10-12-6-2-3-7-12/h4-5,8-9,12H,2-3,6-7,10-11H2,1H3,(H,17,19)(H,18,20). The summed E-state index contributed by atoms with van der Waals surface area (Å²) in [4.78, 5) is 23.4. The van der Waals surface area contributed by atoms with Crippen LogP contribution in [0.5, 0.6) is 11.5 Å². The van der Waals surface area contributed by atoms with Gasteiger partial charge in [0.1, 0.15) is 0 Å². The molecule has 0 atom stereocenters. The van der Waals surface area contributed by atoms with Gasteiger partial charge in [-0.1, -0.05) is 25.0 Å². The van der Waals surface area contributed by atoms with E-state index in [0.717, 1.165) is 12.8 Å². The highest BCUT2D eigenvalue weighted by Gasteiger charge is 2.18. The molecule has 6 nitrogen and oxygen atoms in total. The lowest BCUT2D eigenvalue weighted by atomic mass is 10.0. The number of ether oxygens (including phenoxy) is 2. The van der Waals surface area contributed by atoms with E-state index in [9.17, 15) is 9.59 Å². The summed E-state index contributed by atoms with van der Waals surface area (Å²) < 4.78 is 10.5. The average molecular weight is 306 g/mol. The predicted octanol–water partition coefficient (Wildman–Crippen LogP) is 1.80. The molecule has 1 aromatic carbocycles. The van der Waals surface area contributed by atoms with E-state index in [4.69, 9.17) is 9.47 Å². The Morgan fingerprint density at radius 1 is 1.09 bits per heavy atom. The van der Waals surface area contributed by atoms with Crippen molar-refractivity contribution < 1.29 is 19.1 Å². The molecule has 2 amide bonds. The van der Waals surface area contributed by atoms with Crippen LogP contribution in [0.1, 0.15) is 32.1 Å². The molecule has 1 aliphatic carbocycles. The first-order valence-electron chi connectivity index (χ1n) is 7.52. The first-order valence-corrected chi connectivity index (χ1v) is 7.52.